The molecule has 1 aliphatic rings. The van der Waals surface area contributed by atoms with Crippen molar-refractivity contribution in [2.24, 2.45) is 5.92 Å². The highest BCUT2D eigenvalue weighted by atomic mass is 32.2. The SMILES string of the molecule is CC(=O)Nc1ccc(CC(=O)N2CCC(S(=O)(=O)CC(C)C)CC2)cc1. The first-order valence-corrected chi connectivity index (χ1v) is 10.7. The van der Waals surface area contributed by atoms with E-state index in [1.54, 1.807) is 17.0 Å². The third-order valence-electron chi connectivity index (χ3n) is 4.50. The summed E-state index contributed by atoms with van der Waals surface area (Å²) < 4.78 is 24.7. The van der Waals surface area contributed by atoms with E-state index in [4.69, 9.17) is 0 Å². The van der Waals surface area contributed by atoms with Gasteiger partial charge < -0.3 is 10.2 Å². The Morgan fingerprint density at radius 1 is 1.15 bits per heavy atom. The number of hydrogen-bond donors (Lipinski definition) is 1. The molecule has 1 fully saturated rings. The first-order chi connectivity index (χ1) is 12.2. The molecular weight excluding hydrogens is 352 g/mol. The van der Waals surface area contributed by atoms with Gasteiger partial charge in [0.2, 0.25) is 11.8 Å². The minimum atomic E-state index is -3.08. The zero-order valence-corrected chi connectivity index (χ0v) is 16.5. The zero-order chi connectivity index (χ0) is 19.3. The molecule has 0 radical (unpaired) electrons. The van der Waals surface area contributed by atoms with Crippen LogP contribution in [0.25, 0.3) is 0 Å². The highest BCUT2D eigenvalue weighted by molar-refractivity contribution is 7.92. The lowest BCUT2D eigenvalue weighted by molar-refractivity contribution is -0.131. The minimum absolute atomic E-state index is 0.0111. The van der Waals surface area contributed by atoms with E-state index in [1.165, 1.54) is 6.92 Å². The number of rotatable bonds is 6. The lowest BCUT2D eigenvalue weighted by Gasteiger charge is -2.32. The quantitative estimate of drug-likeness (QED) is 0.820. The summed E-state index contributed by atoms with van der Waals surface area (Å²) in [6.07, 6.45) is 1.31. The van der Waals surface area contributed by atoms with Gasteiger partial charge in [-0.25, -0.2) is 8.42 Å². The van der Waals surface area contributed by atoms with Crippen LogP contribution in [-0.4, -0.2) is 49.2 Å². The maximum atomic E-state index is 12.5. The third kappa shape index (κ3) is 5.83. The summed E-state index contributed by atoms with van der Waals surface area (Å²) in [6, 6.07) is 7.19. The van der Waals surface area contributed by atoms with Crippen molar-refractivity contribution in [2.75, 3.05) is 24.2 Å². The molecule has 2 rings (SSSR count). The molecule has 6 nitrogen and oxygen atoms in total. The molecule has 0 aliphatic carbocycles. The van der Waals surface area contributed by atoms with Crippen LogP contribution < -0.4 is 5.32 Å². The fourth-order valence-electron chi connectivity index (χ4n) is 3.26. The smallest absolute Gasteiger partial charge is 0.226 e. The second-order valence-electron chi connectivity index (χ2n) is 7.36. The molecule has 0 aromatic heterocycles. The van der Waals surface area contributed by atoms with Crippen LogP contribution in [0.2, 0.25) is 0 Å². The number of carbonyl (C=O) groups is 2. The Bertz CT molecular complexity index is 733. The minimum Gasteiger partial charge on any atom is -0.342 e. The first kappa shape index (κ1) is 20.4. The Labute approximate surface area is 155 Å². The third-order valence-corrected chi connectivity index (χ3v) is 7.12. The lowest BCUT2D eigenvalue weighted by atomic mass is 10.1. The zero-order valence-electron chi connectivity index (χ0n) is 15.7. The van der Waals surface area contributed by atoms with E-state index >= 15 is 0 Å². The van der Waals surface area contributed by atoms with Crippen LogP contribution in [-0.2, 0) is 25.8 Å². The van der Waals surface area contributed by atoms with Crippen LogP contribution in [0.15, 0.2) is 24.3 Å². The molecule has 0 saturated carbocycles. The fraction of sp³-hybridized carbons (Fsp3) is 0.579. The van der Waals surface area contributed by atoms with Gasteiger partial charge >= 0.3 is 0 Å². The molecule has 7 heteroatoms. The van der Waals surface area contributed by atoms with E-state index < -0.39 is 9.84 Å². The number of hydrogen-bond acceptors (Lipinski definition) is 4. The summed E-state index contributed by atoms with van der Waals surface area (Å²) in [6.45, 7) is 6.25. The summed E-state index contributed by atoms with van der Waals surface area (Å²) in [4.78, 5) is 25.2. The maximum absolute atomic E-state index is 12.5. The average molecular weight is 381 g/mol. The second-order valence-corrected chi connectivity index (χ2v) is 9.68. The maximum Gasteiger partial charge on any atom is 0.226 e. The molecule has 144 valence electrons. The van der Waals surface area contributed by atoms with Crippen molar-refractivity contribution in [2.45, 2.75) is 45.3 Å². The monoisotopic (exact) mass is 380 g/mol. The van der Waals surface area contributed by atoms with Crippen molar-refractivity contribution in [3.8, 4) is 0 Å². The first-order valence-electron chi connectivity index (χ1n) is 9.03. The van der Waals surface area contributed by atoms with Gasteiger partial charge in [0.05, 0.1) is 17.4 Å². The van der Waals surface area contributed by atoms with Crippen LogP contribution in [0.3, 0.4) is 0 Å². The predicted octanol–water partition coefficient (Wildman–Crippen LogP) is 2.25. The van der Waals surface area contributed by atoms with Gasteiger partial charge in [-0.3, -0.25) is 9.59 Å². The van der Waals surface area contributed by atoms with E-state index in [9.17, 15) is 18.0 Å². The van der Waals surface area contributed by atoms with Gasteiger partial charge in [0, 0.05) is 25.7 Å². The van der Waals surface area contributed by atoms with Crippen LogP contribution in [0.4, 0.5) is 5.69 Å². The largest absolute Gasteiger partial charge is 0.342 e. The summed E-state index contributed by atoms with van der Waals surface area (Å²) in [5.74, 6) is 0.216. The molecule has 0 unspecified atom stereocenters. The number of anilines is 1. The second kappa shape index (κ2) is 8.66. The Morgan fingerprint density at radius 2 is 1.73 bits per heavy atom. The number of benzene rings is 1. The average Bonchev–Trinajstić information content (AvgIpc) is 2.55. The number of amides is 2. The standard InChI is InChI=1S/C19H28N2O4S/c1-14(2)13-26(24,25)18-8-10-21(11-9-18)19(23)12-16-4-6-17(7-5-16)20-15(3)22/h4-7,14,18H,8-13H2,1-3H3,(H,20,22). The van der Waals surface area contributed by atoms with E-state index in [2.05, 4.69) is 5.32 Å². The molecule has 1 aliphatic heterocycles. The number of carbonyl (C=O) groups excluding carboxylic acids is 2. The van der Waals surface area contributed by atoms with Crippen LogP contribution in [0.5, 0.6) is 0 Å². The molecule has 26 heavy (non-hydrogen) atoms. The van der Waals surface area contributed by atoms with Crippen molar-refractivity contribution >= 4 is 27.3 Å². The molecule has 1 saturated heterocycles. The van der Waals surface area contributed by atoms with Crippen molar-refractivity contribution in [1.82, 2.24) is 4.90 Å². The van der Waals surface area contributed by atoms with Gasteiger partial charge in [-0.2, -0.15) is 0 Å². The summed E-state index contributed by atoms with van der Waals surface area (Å²) in [7, 11) is -3.08. The molecule has 0 atom stereocenters. The summed E-state index contributed by atoms with van der Waals surface area (Å²) >= 11 is 0. The number of likely N-dealkylation sites (tertiary alicyclic amines) is 1. The topological polar surface area (TPSA) is 83.6 Å². The van der Waals surface area contributed by atoms with Gasteiger partial charge in [-0.1, -0.05) is 26.0 Å². The van der Waals surface area contributed by atoms with Gasteiger partial charge in [0.15, 0.2) is 9.84 Å². The molecule has 0 spiro atoms. The normalized spacial score (nSPS) is 15.9. The van der Waals surface area contributed by atoms with E-state index in [-0.39, 0.29) is 35.2 Å². The molecule has 1 aromatic carbocycles. The van der Waals surface area contributed by atoms with E-state index in [1.807, 2.05) is 26.0 Å². The molecule has 1 aromatic rings. The van der Waals surface area contributed by atoms with Gasteiger partial charge in [0.25, 0.3) is 0 Å². The van der Waals surface area contributed by atoms with Gasteiger partial charge in [0.1, 0.15) is 0 Å². The number of nitrogens with zero attached hydrogens (tertiary/aromatic N) is 1. The number of nitrogens with one attached hydrogen (secondary N) is 1. The Hall–Kier alpha value is -1.89. The van der Waals surface area contributed by atoms with Crippen LogP contribution in [0.1, 0.15) is 39.2 Å². The number of sulfone groups is 1. The Kier molecular flexibility index (Phi) is 6.81. The molecular formula is C19H28N2O4S. The van der Waals surface area contributed by atoms with Gasteiger partial charge in [-0.05, 0) is 36.5 Å². The van der Waals surface area contributed by atoms with Crippen LogP contribution >= 0.6 is 0 Å². The van der Waals surface area contributed by atoms with E-state index in [0.29, 0.717) is 31.6 Å². The molecule has 0 bridgehead atoms. The molecule has 1 N–H and O–H groups in total. The highest BCUT2D eigenvalue weighted by Crippen LogP contribution is 2.21. The predicted molar refractivity (Wildman–Crippen MR) is 103 cm³/mol. The van der Waals surface area contributed by atoms with Crippen molar-refractivity contribution in [1.29, 1.82) is 0 Å². The van der Waals surface area contributed by atoms with Crippen LogP contribution in [0, 0.1) is 5.92 Å². The Morgan fingerprint density at radius 3 is 2.23 bits per heavy atom. The number of piperidine rings is 1. The van der Waals surface area contributed by atoms with Gasteiger partial charge in [-0.15, -0.1) is 0 Å². The molecule has 1 heterocycles. The Balaban J connectivity index is 1.87. The summed E-state index contributed by atoms with van der Waals surface area (Å²) in [5.41, 5.74) is 1.57. The van der Waals surface area contributed by atoms with Crippen molar-refractivity contribution in [3.05, 3.63) is 29.8 Å². The summed E-state index contributed by atoms with van der Waals surface area (Å²) in [5, 5.41) is 2.36. The molecule has 2 amide bonds. The van der Waals surface area contributed by atoms with Crippen molar-refractivity contribution < 1.29 is 18.0 Å². The van der Waals surface area contributed by atoms with Crippen molar-refractivity contribution in [3.63, 3.8) is 0 Å². The fourth-order valence-corrected chi connectivity index (χ4v) is 5.39. The van der Waals surface area contributed by atoms with E-state index in [0.717, 1.165) is 5.56 Å². The lowest BCUT2D eigenvalue weighted by Crippen LogP contribution is -2.43. The highest BCUT2D eigenvalue weighted by Gasteiger charge is 2.31.